The van der Waals surface area contributed by atoms with Crippen molar-refractivity contribution in [1.82, 2.24) is 20.1 Å². The molecule has 0 aliphatic carbocycles. The Balaban J connectivity index is 1.78. The molecule has 15 heteroatoms. The molecular weight excluding hydrogens is 605 g/mol. The molecule has 3 N–H and O–H groups in total. The molecule has 2 aromatic carbocycles. The van der Waals surface area contributed by atoms with Crippen LogP contribution in [0.4, 0.5) is 17.1 Å². The molecule has 2 aromatic heterocycles. The summed E-state index contributed by atoms with van der Waals surface area (Å²) in [6.07, 6.45) is 2.99. The maximum absolute atomic E-state index is 13.7. The van der Waals surface area contributed by atoms with Gasteiger partial charge < -0.3 is 15.5 Å². The van der Waals surface area contributed by atoms with E-state index in [1.165, 1.54) is 41.0 Å². The van der Waals surface area contributed by atoms with Crippen LogP contribution in [-0.4, -0.2) is 54.7 Å². The minimum atomic E-state index is -3.64. The smallest absolute Gasteiger partial charge is 0.274 e. The molecule has 0 saturated heterocycles. The Kier molecular flexibility index (Phi) is 9.14. The average molecular weight is 631 g/mol. The van der Waals surface area contributed by atoms with Gasteiger partial charge in [0, 0.05) is 18.3 Å². The SMILES string of the molecule is CNC(=O)c1cc(Cl)cc(C)c1NC(=O)c1cc(CN(C=O)c2ccccc2NS(C)(=O)=O)nn1-c1ncccc1Cl. The minimum absolute atomic E-state index is 0.00352. The molecular formula is C27H25Cl2N7O5S. The van der Waals surface area contributed by atoms with Gasteiger partial charge in [0.1, 0.15) is 5.69 Å². The van der Waals surface area contributed by atoms with Crippen LogP contribution in [0.3, 0.4) is 0 Å². The zero-order valence-electron chi connectivity index (χ0n) is 22.6. The summed E-state index contributed by atoms with van der Waals surface area (Å²) in [4.78, 5) is 43.9. The van der Waals surface area contributed by atoms with Crippen LogP contribution < -0.4 is 20.3 Å². The molecule has 0 fully saturated rings. The summed E-state index contributed by atoms with van der Waals surface area (Å²) in [5.74, 6) is -0.963. The molecule has 218 valence electrons. The number of halogens is 2. The van der Waals surface area contributed by atoms with Gasteiger partial charge in [-0.15, -0.1) is 0 Å². The molecule has 4 aromatic rings. The number of nitrogens with one attached hydrogen (secondary N) is 3. The van der Waals surface area contributed by atoms with Gasteiger partial charge in [-0.05, 0) is 55.0 Å². The largest absolute Gasteiger partial charge is 0.355 e. The van der Waals surface area contributed by atoms with Crippen LogP contribution in [0.1, 0.15) is 32.1 Å². The van der Waals surface area contributed by atoms with Gasteiger partial charge in [0.15, 0.2) is 5.82 Å². The fourth-order valence-electron chi connectivity index (χ4n) is 4.13. The number of carbonyl (C=O) groups excluding carboxylic acids is 3. The van der Waals surface area contributed by atoms with E-state index >= 15 is 0 Å². The first kappa shape index (κ1) is 30.5. The molecule has 3 amide bonds. The van der Waals surface area contributed by atoms with E-state index in [9.17, 15) is 22.8 Å². The van der Waals surface area contributed by atoms with E-state index in [-0.39, 0.29) is 51.4 Å². The number of hydrogen-bond acceptors (Lipinski definition) is 7. The van der Waals surface area contributed by atoms with Crippen molar-refractivity contribution in [3.63, 3.8) is 0 Å². The lowest BCUT2D eigenvalue weighted by atomic mass is 10.1. The summed E-state index contributed by atoms with van der Waals surface area (Å²) in [6.45, 7) is 1.55. The van der Waals surface area contributed by atoms with E-state index in [1.807, 2.05) is 0 Å². The summed E-state index contributed by atoms with van der Waals surface area (Å²) >= 11 is 12.6. The standard InChI is InChI=1S/C27H25Cl2N7O5S/c1-16-11-17(28)12-19(26(38)30-2)24(16)32-27(39)23-13-18(33-36(23)25-20(29)7-6-10-31-25)14-35(15-37)22-9-5-4-8-21(22)34-42(3,40)41/h4-13,15,34H,14H2,1-3H3,(H,30,38)(H,32,39). The average Bonchev–Trinajstić information content (AvgIpc) is 3.36. The summed E-state index contributed by atoms with van der Waals surface area (Å²) < 4.78 is 27.4. The fraction of sp³-hybridized carbons (Fsp3) is 0.148. The number of rotatable bonds is 10. The predicted octanol–water partition coefficient (Wildman–Crippen LogP) is 4.03. The van der Waals surface area contributed by atoms with Gasteiger partial charge in [-0.25, -0.2) is 18.1 Å². The van der Waals surface area contributed by atoms with Crippen molar-refractivity contribution in [3.05, 3.63) is 93.4 Å². The summed E-state index contributed by atoms with van der Waals surface area (Å²) in [5, 5.41) is 10.3. The number of aryl methyl sites for hydroxylation is 1. The van der Waals surface area contributed by atoms with Gasteiger partial charge in [-0.1, -0.05) is 35.3 Å². The summed E-state index contributed by atoms with van der Waals surface area (Å²) in [6, 6.07) is 14.0. The summed E-state index contributed by atoms with van der Waals surface area (Å²) in [7, 11) is -2.19. The van der Waals surface area contributed by atoms with Crippen molar-refractivity contribution in [3.8, 4) is 5.82 Å². The third-order valence-corrected chi connectivity index (χ3v) is 7.02. The molecule has 0 radical (unpaired) electrons. The van der Waals surface area contributed by atoms with Crippen LogP contribution in [-0.2, 0) is 21.4 Å². The van der Waals surface area contributed by atoms with Crippen LogP contribution in [0, 0.1) is 6.92 Å². The molecule has 0 aliphatic heterocycles. The Morgan fingerprint density at radius 3 is 2.48 bits per heavy atom. The van der Waals surface area contributed by atoms with Crippen molar-refractivity contribution in [2.45, 2.75) is 13.5 Å². The van der Waals surface area contributed by atoms with Crippen molar-refractivity contribution >= 4 is 68.5 Å². The Bertz CT molecular complexity index is 1790. The number of aromatic nitrogens is 3. The van der Waals surface area contributed by atoms with Crippen molar-refractivity contribution in [2.75, 3.05) is 28.2 Å². The van der Waals surface area contributed by atoms with Gasteiger partial charge in [-0.3, -0.25) is 19.1 Å². The number of nitrogens with zero attached hydrogens (tertiary/aromatic N) is 4. The minimum Gasteiger partial charge on any atom is -0.355 e. The third-order valence-electron chi connectivity index (χ3n) is 5.91. The number of hydrogen-bond donors (Lipinski definition) is 3. The predicted molar refractivity (Wildman–Crippen MR) is 161 cm³/mol. The Morgan fingerprint density at radius 2 is 1.81 bits per heavy atom. The molecule has 0 saturated carbocycles. The van der Waals surface area contributed by atoms with Gasteiger partial charge in [-0.2, -0.15) is 5.10 Å². The molecule has 0 spiro atoms. The molecule has 0 aliphatic rings. The van der Waals surface area contributed by atoms with E-state index in [0.29, 0.717) is 17.0 Å². The molecule has 2 heterocycles. The van der Waals surface area contributed by atoms with Gasteiger partial charge >= 0.3 is 0 Å². The highest BCUT2D eigenvalue weighted by atomic mass is 35.5. The molecule has 0 bridgehead atoms. The van der Waals surface area contributed by atoms with Crippen LogP contribution in [0.15, 0.2) is 60.8 Å². The zero-order chi connectivity index (χ0) is 30.6. The van der Waals surface area contributed by atoms with Gasteiger partial charge in [0.2, 0.25) is 16.4 Å². The lowest BCUT2D eigenvalue weighted by Gasteiger charge is -2.20. The van der Waals surface area contributed by atoms with Crippen molar-refractivity contribution in [2.24, 2.45) is 0 Å². The van der Waals surface area contributed by atoms with Crippen LogP contribution in [0.2, 0.25) is 10.0 Å². The second-order valence-electron chi connectivity index (χ2n) is 9.04. The number of carbonyl (C=O) groups is 3. The number of benzene rings is 2. The topological polar surface area (TPSA) is 155 Å². The first-order valence-corrected chi connectivity index (χ1v) is 14.9. The summed E-state index contributed by atoms with van der Waals surface area (Å²) in [5.41, 5.74) is 1.62. The highest BCUT2D eigenvalue weighted by molar-refractivity contribution is 7.92. The van der Waals surface area contributed by atoms with E-state index in [1.54, 1.807) is 43.3 Å². The van der Waals surface area contributed by atoms with Crippen LogP contribution in [0.25, 0.3) is 5.82 Å². The number of anilines is 3. The Morgan fingerprint density at radius 1 is 1.07 bits per heavy atom. The molecule has 0 atom stereocenters. The Hall–Kier alpha value is -4.46. The molecule has 12 nitrogen and oxygen atoms in total. The molecule has 42 heavy (non-hydrogen) atoms. The number of pyridine rings is 1. The number of para-hydroxylation sites is 2. The van der Waals surface area contributed by atoms with Gasteiger partial charge in [0.25, 0.3) is 11.8 Å². The Labute approximate surface area is 251 Å². The van der Waals surface area contributed by atoms with Gasteiger partial charge in [0.05, 0.1) is 46.1 Å². The quantitative estimate of drug-likeness (QED) is 0.224. The number of amides is 3. The maximum Gasteiger partial charge on any atom is 0.274 e. The second-order valence-corrected chi connectivity index (χ2v) is 11.6. The number of sulfonamides is 1. The van der Waals surface area contributed by atoms with Crippen molar-refractivity contribution in [1.29, 1.82) is 0 Å². The fourth-order valence-corrected chi connectivity index (χ4v) is 5.17. The first-order chi connectivity index (χ1) is 19.9. The van der Waals surface area contributed by atoms with E-state index in [4.69, 9.17) is 23.2 Å². The third kappa shape index (κ3) is 6.87. The lowest BCUT2D eigenvalue weighted by molar-refractivity contribution is -0.107. The first-order valence-electron chi connectivity index (χ1n) is 12.2. The second kappa shape index (κ2) is 12.6. The van der Waals surface area contributed by atoms with E-state index < -0.39 is 21.8 Å². The van der Waals surface area contributed by atoms with E-state index in [0.717, 1.165) is 6.26 Å². The highest BCUT2D eigenvalue weighted by Gasteiger charge is 2.24. The lowest BCUT2D eigenvalue weighted by Crippen LogP contribution is -2.23. The van der Waals surface area contributed by atoms with E-state index in [2.05, 4.69) is 25.4 Å². The molecule has 4 rings (SSSR count). The van der Waals surface area contributed by atoms with Crippen molar-refractivity contribution < 1.29 is 22.8 Å². The normalized spacial score (nSPS) is 11.1. The zero-order valence-corrected chi connectivity index (χ0v) is 24.9. The highest BCUT2D eigenvalue weighted by Crippen LogP contribution is 2.29. The molecule has 0 unspecified atom stereocenters. The monoisotopic (exact) mass is 629 g/mol. The maximum atomic E-state index is 13.7. The van der Waals surface area contributed by atoms with Crippen LogP contribution in [0.5, 0.6) is 0 Å². The van der Waals surface area contributed by atoms with Crippen LogP contribution >= 0.6 is 23.2 Å².